The number of hydroxylamine groups is 1. The number of esters is 1. The summed E-state index contributed by atoms with van der Waals surface area (Å²) in [5.41, 5.74) is 2.04. The molecular weight excluding hydrogens is 342 g/mol. The second kappa shape index (κ2) is 8.71. The molecule has 0 amide bonds. The first-order chi connectivity index (χ1) is 13.2. The summed E-state index contributed by atoms with van der Waals surface area (Å²) < 4.78 is 5.80. The third-order valence-corrected chi connectivity index (χ3v) is 3.79. The summed E-state index contributed by atoms with van der Waals surface area (Å²) in [6.07, 6.45) is 2.70. The van der Waals surface area contributed by atoms with Crippen LogP contribution in [0.4, 0.5) is 0 Å². The van der Waals surface area contributed by atoms with E-state index in [4.69, 9.17) is 4.74 Å². The molecule has 0 N–H and O–H groups in total. The fourth-order valence-electron chi connectivity index (χ4n) is 2.53. The van der Waals surface area contributed by atoms with Crippen LogP contribution in [0.3, 0.4) is 0 Å². The van der Waals surface area contributed by atoms with Crippen LogP contribution in [0.15, 0.2) is 66.9 Å². The zero-order chi connectivity index (χ0) is 19.1. The van der Waals surface area contributed by atoms with Gasteiger partial charge in [0.05, 0.1) is 6.61 Å². The predicted octanol–water partition coefficient (Wildman–Crippen LogP) is 3.45. The van der Waals surface area contributed by atoms with Crippen molar-refractivity contribution in [3.8, 4) is 11.4 Å². The first-order valence-electron chi connectivity index (χ1n) is 8.59. The Morgan fingerprint density at radius 2 is 1.78 bits per heavy atom. The van der Waals surface area contributed by atoms with Crippen LogP contribution >= 0.6 is 0 Å². The van der Waals surface area contributed by atoms with E-state index >= 15 is 0 Å². The van der Waals surface area contributed by atoms with Crippen molar-refractivity contribution in [3.05, 3.63) is 88.9 Å². The number of carbonyl (C=O) groups is 1. The first kappa shape index (κ1) is 18.3. The molecule has 27 heavy (non-hydrogen) atoms. The van der Waals surface area contributed by atoms with Crippen molar-refractivity contribution in [2.75, 3.05) is 6.61 Å². The summed E-state index contributed by atoms with van der Waals surface area (Å²) in [7, 11) is 0. The van der Waals surface area contributed by atoms with E-state index in [1.807, 2.05) is 60.7 Å². The molecule has 6 nitrogen and oxygen atoms in total. The van der Waals surface area contributed by atoms with Gasteiger partial charge in [-0.15, -0.1) is 0 Å². The van der Waals surface area contributed by atoms with Gasteiger partial charge in [-0.25, -0.2) is 19.5 Å². The number of nitrogens with zero attached hydrogens (tertiary/aromatic N) is 3. The van der Waals surface area contributed by atoms with Crippen LogP contribution < -0.4 is 0 Å². The summed E-state index contributed by atoms with van der Waals surface area (Å²) in [4.78, 5) is 20.9. The van der Waals surface area contributed by atoms with Gasteiger partial charge in [-0.05, 0) is 6.92 Å². The van der Waals surface area contributed by atoms with E-state index < -0.39 is 5.97 Å². The highest BCUT2D eigenvalue weighted by molar-refractivity contribution is 5.97. The lowest BCUT2D eigenvalue weighted by atomic mass is 10.2. The van der Waals surface area contributed by atoms with Gasteiger partial charge in [-0.3, -0.25) is 0 Å². The predicted molar refractivity (Wildman–Crippen MR) is 102 cm³/mol. The highest BCUT2D eigenvalue weighted by atomic mass is 16.5. The van der Waals surface area contributed by atoms with Crippen LogP contribution in [-0.2, 0) is 11.3 Å². The van der Waals surface area contributed by atoms with Crippen molar-refractivity contribution in [1.82, 2.24) is 9.97 Å². The minimum absolute atomic E-state index is 0.147. The van der Waals surface area contributed by atoms with Gasteiger partial charge in [0.25, 0.3) is 0 Å². The first-order valence-corrected chi connectivity index (χ1v) is 8.59. The van der Waals surface area contributed by atoms with Gasteiger partial charge in [0, 0.05) is 17.3 Å². The molecule has 0 radical (unpaired) electrons. The van der Waals surface area contributed by atoms with Crippen LogP contribution in [0.5, 0.6) is 0 Å². The lowest BCUT2D eigenvalue weighted by Gasteiger charge is -2.08. The van der Waals surface area contributed by atoms with Crippen LogP contribution in [0, 0.1) is 5.21 Å². The summed E-state index contributed by atoms with van der Waals surface area (Å²) in [6.45, 7) is 2.09. The van der Waals surface area contributed by atoms with E-state index in [-0.39, 0.29) is 24.4 Å². The Labute approximate surface area is 157 Å². The number of ether oxygens (including phenoxy) is 1. The van der Waals surface area contributed by atoms with Gasteiger partial charge in [0.2, 0.25) is 6.21 Å². The van der Waals surface area contributed by atoms with Gasteiger partial charge >= 0.3 is 5.97 Å². The van der Waals surface area contributed by atoms with Crippen molar-refractivity contribution in [1.29, 1.82) is 0 Å². The molecule has 0 bridgehead atoms. The third-order valence-electron chi connectivity index (χ3n) is 3.79. The van der Waals surface area contributed by atoms with Crippen LogP contribution in [0.2, 0.25) is 0 Å². The smallest absolute Gasteiger partial charge is 0.342 e. The van der Waals surface area contributed by atoms with Gasteiger partial charge in [0.15, 0.2) is 12.4 Å². The van der Waals surface area contributed by atoms with Crippen LogP contribution in [0.25, 0.3) is 11.4 Å². The van der Waals surface area contributed by atoms with Crippen molar-refractivity contribution in [2.24, 2.45) is 0 Å². The van der Waals surface area contributed by atoms with Crippen molar-refractivity contribution >= 4 is 12.2 Å². The Kier molecular flexibility index (Phi) is 5.89. The summed E-state index contributed by atoms with van der Waals surface area (Å²) in [5, 5.41) is 12.4. The van der Waals surface area contributed by atoms with Crippen molar-refractivity contribution in [3.63, 3.8) is 0 Å². The highest BCUT2D eigenvalue weighted by Gasteiger charge is 2.17. The molecule has 0 unspecified atom stereocenters. The molecule has 1 heterocycles. The van der Waals surface area contributed by atoms with Crippen LogP contribution in [0.1, 0.15) is 28.5 Å². The minimum atomic E-state index is -0.559. The molecule has 6 heteroatoms. The molecule has 0 saturated heterocycles. The standard InChI is InChI=1S/C21H19N3O3/c1-2-27-21(25)18-13-22-20(17-11-7-4-8-12-17)23-19(18)15-24(26)14-16-9-5-3-6-10-16/h3-13,15H,2,14H2,1H3. The fourth-order valence-corrected chi connectivity index (χ4v) is 2.53. The molecule has 0 aliphatic heterocycles. The average Bonchev–Trinajstić information content (AvgIpc) is 2.69. The summed E-state index contributed by atoms with van der Waals surface area (Å²) in [5.74, 6) is -0.125. The minimum Gasteiger partial charge on any atom is -0.623 e. The monoisotopic (exact) mass is 361 g/mol. The van der Waals surface area contributed by atoms with Crippen molar-refractivity contribution in [2.45, 2.75) is 13.5 Å². The van der Waals surface area contributed by atoms with E-state index in [0.29, 0.717) is 5.82 Å². The Morgan fingerprint density at radius 1 is 1.11 bits per heavy atom. The van der Waals surface area contributed by atoms with Gasteiger partial charge in [0.1, 0.15) is 11.3 Å². The Hall–Kier alpha value is -3.54. The molecule has 3 aromatic rings. The Balaban J connectivity index is 1.98. The molecule has 0 fully saturated rings. The molecule has 1 aromatic heterocycles. The third kappa shape index (κ3) is 4.76. The topological polar surface area (TPSA) is 78.1 Å². The lowest BCUT2D eigenvalue weighted by molar-refractivity contribution is -0.469. The van der Waals surface area contributed by atoms with E-state index in [1.54, 1.807) is 6.92 Å². The summed E-state index contributed by atoms with van der Waals surface area (Å²) >= 11 is 0. The SMILES string of the molecule is CCOC(=O)c1cnc(-c2ccccc2)nc1C=[N+]([O-])Cc1ccccc1. The van der Waals surface area contributed by atoms with E-state index in [9.17, 15) is 10.0 Å². The van der Waals surface area contributed by atoms with Crippen molar-refractivity contribution < 1.29 is 14.3 Å². The van der Waals surface area contributed by atoms with Gasteiger partial charge in [-0.2, -0.15) is 0 Å². The number of rotatable bonds is 6. The Bertz CT molecular complexity index is 941. The molecule has 0 aliphatic carbocycles. The number of carbonyl (C=O) groups excluding carboxylic acids is 1. The quantitative estimate of drug-likeness (QED) is 0.221. The Morgan fingerprint density at radius 3 is 2.44 bits per heavy atom. The van der Waals surface area contributed by atoms with Gasteiger partial charge in [-0.1, -0.05) is 60.7 Å². The molecule has 3 rings (SSSR count). The number of hydrogen-bond donors (Lipinski definition) is 0. The number of benzene rings is 2. The molecule has 0 atom stereocenters. The molecule has 2 aromatic carbocycles. The second-order valence-electron chi connectivity index (χ2n) is 5.77. The zero-order valence-electron chi connectivity index (χ0n) is 14.9. The largest absolute Gasteiger partial charge is 0.623 e. The normalized spacial score (nSPS) is 11.2. The average molecular weight is 361 g/mol. The summed E-state index contributed by atoms with van der Waals surface area (Å²) in [6, 6.07) is 18.7. The van der Waals surface area contributed by atoms with E-state index in [2.05, 4.69) is 9.97 Å². The van der Waals surface area contributed by atoms with E-state index in [1.165, 1.54) is 12.4 Å². The maximum Gasteiger partial charge on any atom is 0.342 e. The fraction of sp³-hybridized carbons (Fsp3) is 0.143. The second-order valence-corrected chi connectivity index (χ2v) is 5.77. The molecule has 0 aliphatic rings. The van der Waals surface area contributed by atoms with Crippen LogP contribution in [-0.4, -0.2) is 33.5 Å². The molecule has 0 saturated carbocycles. The number of hydrogen-bond acceptors (Lipinski definition) is 5. The zero-order valence-corrected chi connectivity index (χ0v) is 14.9. The highest BCUT2D eigenvalue weighted by Crippen LogP contribution is 2.16. The molecule has 0 spiro atoms. The number of aromatic nitrogens is 2. The maximum atomic E-state index is 12.4. The molecular formula is C21H19N3O3. The molecule has 136 valence electrons. The maximum absolute atomic E-state index is 12.4. The lowest BCUT2D eigenvalue weighted by Crippen LogP contribution is -2.14. The van der Waals surface area contributed by atoms with Gasteiger partial charge < -0.3 is 9.94 Å². The van der Waals surface area contributed by atoms with E-state index in [0.717, 1.165) is 15.9 Å².